The van der Waals surface area contributed by atoms with Crippen LogP contribution < -0.4 is 21.2 Å². The number of hydrogen-bond acceptors (Lipinski definition) is 5. The van der Waals surface area contributed by atoms with E-state index in [1.807, 2.05) is 0 Å². The molecular formula is C13H15ClN4O4. The lowest BCUT2D eigenvalue weighted by Crippen LogP contribution is -2.37. The molecular weight excluding hydrogens is 312 g/mol. The lowest BCUT2D eigenvalue weighted by Gasteiger charge is -2.06. The number of likely N-dealkylation sites (N-methyl/N-ethyl adjacent to an activating group) is 1. The second-order valence-corrected chi connectivity index (χ2v) is 4.41. The highest BCUT2D eigenvalue weighted by Crippen LogP contribution is 2.24. The number of hydrogen-bond donors (Lipinski definition) is 3. The van der Waals surface area contributed by atoms with Crippen LogP contribution in [0, 0.1) is 0 Å². The van der Waals surface area contributed by atoms with E-state index in [0.29, 0.717) is 17.9 Å². The molecule has 0 aliphatic carbocycles. The van der Waals surface area contributed by atoms with Crippen molar-refractivity contribution < 1.29 is 19.1 Å². The van der Waals surface area contributed by atoms with Gasteiger partial charge in [0, 0.05) is 6.54 Å². The topological polar surface area (TPSA) is 123 Å². The van der Waals surface area contributed by atoms with Gasteiger partial charge in [0.15, 0.2) is 6.61 Å². The minimum atomic E-state index is -0.870. The number of nitrogens with zero attached hydrogens (tertiary/aromatic N) is 1. The van der Waals surface area contributed by atoms with E-state index in [0.717, 1.165) is 0 Å². The molecule has 0 spiro atoms. The molecule has 3 amide bonds. The van der Waals surface area contributed by atoms with E-state index in [4.69, 9.17) is 22.1 Å². The SMILES string of the molecule is CCNC(=O)C(=O)N/N=C\c1ccc(OCC(N)=O)c(Cl)c1. The number of amides is 3. The van der Waals surface area contributed by atoms with Gasteiger partial charge in [0.25, 0.3) is 5.91 Å². The largest absolute Gasteiger partial charge is 0.482 e. The molecule has 0 aliphatic rings. The molecule has 0 bridgehead atoms. The first-order chi connectivity index (χ1) is 10.4. The predicted octanol–water partition coefficient (Wildman–Crippen LogP) is -0.210. The second kappa shape index (κ2) is 8.63. The Labute approximate surface area is 131 Å². The summed E-state index contributed by atoms with van der Waals surface area (Å²) < 4.78 is 5.08. The molecule has 0 fully saturated rings. The Bertz CT molecular complexity index is 604. The van der Waals surface area contributed by atoms with Crippen molar-refractivity contribution in [3.63, 3.8) is 0 Å². The van der Waals surface area contributed by atoms with Gasteiger partial charge in [-0.2, -0.15) is 5.10 Å². The summed E-state index contributed by atoms with van der Waals surface area (Å²) in [6.07, 6.45) is 1.31. The van der Waals surface area contributed by atoms with E-state index < -0.39 is 17.7 Å². The molecule has 8 nitrogen and oxygen atoms in total. The van der Waals surface area contributed by atoms with Crippen molar-refractivity contribution in [3.8, 4) is 5.75 Å². The number of nitrogens with two attached hydrogens (primary N) is 1. The van der Waals surface area contributed by atoms with E-state index in [1.54, 1.807) is 13.0 Å². The third kappa shape index (κ3) is 5.80. The van der Waals surface area contributed by atoms with Gasteiger partial charge < -0.3 is 15.8 Å². The first kappa shape index (κ1) is 17.4. The molecule has 0 atom stereocenters. The molecule has 9 heteroatoms. The van der Waals surface area contributed by atoms with Crippen LogP contribution in [0.3, 0.4) is 0 Å². The molecule has 0 aromatic heterocycles. The average molecular weight is 327 g/mol. The van der Waals surface area contributed by atoms with Crippen LogP contribution in [0.1, 0.15) is 12.5 Å². The molecule has 1 rings (SSSR count). The number of hydrazone groups is 1. The molecule has 0 saturated heterocycles. The van der Waals surface area contributed by atoms with Gasteiger partial charge in [0.05, 0.1) is 11.2 Å². The molecule has 0 heterocycles. The Morgan fingerprint density at radius 1 is 1.36 bits per heavy atom. The summed E-state index contributed by atoms with van der Waals surface area (Å²) in [6.45, 7) is 1.76. The van der Waals surface area contributed by atoms with Gasteiger partial charge in [-0.15, -0.1) is 0 Å². The molecule has 0 unspecified atom stereocenters. The maximum absolute atomic E-state index is 11.3. The quantitative estimate of drug-likeness (QED) is 0.380. The van der Waals surface area contributed by atoms with E-state index in [-0.39, 0.29) is 11.6 Å². The minimum absolute atomic E-state index is 0.250. The summed E-state index contributed by atoms with van der Waals surface area (Å²) in [7, 11) is 0. The lowest BCUT2D eigenvalue weighted by atomic mass is 10.2. The third-order valence-corrected chi connectivity index (χ3v) is 2.54. The van der Waals surface area contributed by atoms with Crippen LogP contribution in [0.5, 0.6) is 5.75 Å². The van der Waals surface area contributed by atoms with Crippen LogP contribution in [0.25, 0.3) is 0 Å². The van der Waals surface area contributed by atoms with Gasteiger partial charge in [-0.3, -0.25) is 14.4 Å². The van der Waals surface area contributed by atoms with Crippen LogP contribution in [0.2, 0.25) is 5.02 Å². The third-order valence-electron chi connectivity index (χ3n) is 2.25. The first-order valence-electron chi connectivity index (χ1n) is 6.26. The van der Waals surface area contributed by atoms with Crippen molar-refractivity contribution in [2.75, 3.05) is 13.2 Å². The number of nitrogens with one attached hydrogen (secondary N) is 2. The van der Waals surface area contributed by atoms with Gasteiger partial charge in [-0.1, -0.05) is 11.6 Å². The highest BCUT2D eigenvalue weighted by atomic mass is 35.5. The zero-order valence-electron chi connectivity index (χ0n) is 11.8. The fraction of sp³-hybridized carbons (Fsp3) is 0.231. The summed E-state index contributed by atoms with van der Waals surface area (Å²) in [6, 6.07) is 4.64. The molecule has 1 aromatic carbocycles. The van der Waals surface area contributed by atoms with Gasteiger partial charge in [-0.05, 0) is 30.7 Å². The van der Waals surface area contributed by atoms with Crippen LogP contribution in [0.15, 0.2) is 23.3 Å². The summed E-state index contributed by atoms with van der Waals surface area (Å²) in [4.78, 5) is 33.0. The van der Waals surface area contributed by atoms with Gasteiger partial charge in [-0.25, -0.2) is 5.43 Å². The van der Waals surface area contributed by atoms with E-state index in [1.165, 1.54) is 18.3 Å². The van der Waals surface area contributed by atoms with Crippen molar-refractivity contribution in [2.24, 2.45) is 10.8 Å². The zero-order valence-corrected chi connectivity index (χ0v) is 12.5. The second-order valence-electron chi connectivity index (χ2n) is 4.00. The Hall–Kier alpha value is -2.61. The smallest absolute Gasteiger partial charge is 0.329 e. The number of benzene rings is 1. The van der Waals surface area contributed by atoms with Crippen molar-refractivity contribution in [1.82, 2.24) is 10.7 Å². The normalized spacial score (nSPS) is 10.3. The Morgan fingerprint density at radius 3 is 2.68 bits per heavy atom. The number of carbonyl (C=O) groups excluding carboxylic acids is 3. The minimum Gasteiger partial charge on any atom is -0.482 e. The molecule has 0 aliphatic heterocycles. The van der Waals surface area contributed by atoms with Gasteiger partial charge in [0.2, 0.25) is 0 Å². The van der Waals surface area contributed by atoms with Crippen LogP contribution in [-0.2, 0) is 14.4 Å². The highest BCUT2D eigenvalue weighted by Gasteiger charge is 2.10. The van der Waals surface area contributed by atoms with Crippen LogP contribution in [0.4, 0.5) is 0 Å². The van der Waals surface area contributed by atoms with E-state index in [9.17, 15) is 14.4 Å². The number of carbonyl (C=O) groups is 3. The fourth-order valence-electron chi connectivity index (χ4n) is 1.32. The first-order valence-corrected chi connectivity index (χ1v) is 6.63. The predicted molar refractivity (Wildman–Crippen MR) is 80.6 cm³/mol. The Morgan fingerprint density at radius 2 is 2.09 bits per heavy atom. The number of primary amides is 1. The molecule has 22 heavy (non-hydrogen) atoms. The van der Waals surface area contributed by atoms with Crippen molar-refractivity contribution >= 4 is 35.5 Å². The monoisotopic (exact) mass is 326 g/mol. The van der Waals surface area contributed by atoms with Crippen LogP contribution >= 0.6 is 11.6 Å². The molecule has 0 radical (unpaired) electrons. The summed E-state index contributed by atoms with van der Waals surface area (Å²) in [5.74, 6) is -1.96. The van der Waals surface area contributed by atoms with Gasteiger partial charge in [0.1, 0.15) is 5.75 Å². The molecule has 4 N–H and O–H groups in total. The maximum Gasteiger partial charge on any atom is 0.329 e. The van der Waals surface area contributed by atoms with E-state index >= 15 is 0 Å². The highest BCUT2D eigenvalue weighted by molar-refractivity contribution is 6.35. The lowest BCUT2D eigenvalue weighted by molar-refractivity contribution is -0.139. The van der Waals surface area contributed by atoms with Crippen molar-refractivity contribution in [1.29, 1.82) is 0 Å². The number of halogens is 1. The zero-order chi connectivity index (χ0) is 16.5. The summed E-state index contributed by atoms with van der Waals surface area (Å²) in [5.41, 5.74) is 7.59. The molecule has 118 valence electrons. The van der Waals surface area contributed by atoms with Crippen molar-refractivity contribution in [3.05, 3.63) is 28.8 Å². The summed E-state index contributed by atoms with van der Waals surface area (Å²) in [5, 5.41) is 6.21. The number of rotatable bonds is 6. The van der Waals surface area contributed by atoms with Gasteiger partial charge >= 0.3 is 11.8 Å². The summed E-state index contributed by atoms with van der Waals surface area (Å²) >= 11 is 5.96. The average Bonchev–Trinajstić information content (AvgIpc) is 2.46. The fourth-order valence-corrected chi connectivity index (χ4v) is 1.56. The van der Waals surface area contributed by atoms with E-state index in [2.05, 4.69) is 15.8 Å². The van der Waals surface area contributed by atoms with Crippen molar-refractivity contribution in [2.45, 2.75) is 6.92 Å². The molecule has 0 saturated carbocycles. The van der Waals surface area contributed by atoms with Crippen LogP contribution in [-0.4, -0.2) is 37.1 Å². The Kier molecular flexibility index (Phi) is 6.84. The Balaban J connectivity index is 2.61. The maximum atomic E-state index is 11.3. The standard InChI is InChI=1S/C13H15ClN4O4/c1-2-16-12(20)13(21)18-17-6-8-3-4-10(9(14)5-8)22-7-11(15)19/h3-6H,2,7H2,1H3,(H2,15,19)(H,16,20)(H,18,21)/b17-6-. The molecule has 1 aromatic rings. The number of ether oxygens (including phenoxy) is 1.